The Hall–Kier alpha value is -3.51. The van der Waals surface area contributed by atoms with Crippen molar-refractivity contribution in [2.75, 3.05) is 0 Å². The zero-order valence-corrected chi connectivity index (χ0v) is 18.5. The van der Waals surface area contributed by atoms with E-state index in [2.05, 4.69) is 16.0 Å². The van der Waals surface area contributed by atoms with Crippen LogP contribution in [-0.4, -0.2) is 70.1 Å². The minimum Gasteiger partial charge on any atom is -0.480 e. The Morgan fingerprint density at radius 3 is 1.97 bits per heavy atom. The number of hydrogen-bond acceptors (Lipinski definition) is 7. The number of amides is 4. The average molecular weight is 466 g/mol. The second-order valence-electron chi connectivity index (χ2n) is 7.67. The summed E-state index contributed by atoms with van der Waals surface area (Å²) in [5.41, 5.74) is 11.2. The normalized spacial score (nSPS) is 15.3. The summed E-state index contributed by atoms with van der Waals surface area (Å²) in [6, 6.07) is 3.62. The quantitative estimate of drug-likeness (QED) is 0.169. The number of carboxylic acid groups (broad SMARTS) is 1. The number of aliphatic carboxylic acids is 1. The van der Waals surface area contributed by atoms with E-state index in [0.29, 0.717) is 5.56 Å². The number of hydrogen-bond donors (Lipinski definition) is 7. The molecular formula is C21H31N5O7. The molecule has 0 heterocycles. The maximum absolute atomic E-state index is 12.9. The fourth-order valence-electron chi connectivity index (χ4n) is 2.83. The number of carbonyl (C=O) groups is 5. The summed E-state index contributed by atoms with van der Waals surface area (Å²) in [6.07, 6.45) is -1.81. The number of aliphatic hydroxyl groups excluding tert-OH is 1. The minimum atomic E-state index is -1.41. The van der Waals surface area contributed by atoms with Gasteiger partial charge in [0, 0.05) is 12.8 Å². The predicted molar refractivity (Wildman–Crippen MR) is 117 cm³/mol. The van der Waals surface area contributed by atoms with Gasteiger partial charge in [0.2, 0.25) is 23.6 Å². The van der Waals surface area contributed by atoms with Crippen LogP contribution in [0.1, 0.15) is 32.3 Å². The fraction of sp³-hybridized carbons (Fsp3) is 0.476. The van der Waals surface area contributed by atoms with Crippen LogP contribution >= 0.6 is 0 Å². The molecule has 0 saturated carbocycles. The predicted octanol–water partition coefficient (Wildman–Crippen LogP) is -2.24. The Morgan fingerprint density at radius 1 is 0.909 bits per heavy atom. The first-order valence-corrected chi connectivity index (χ1v) is 10.3. The van der Waals surface area contributed by atoms with Gasteiger partial charge in [-0.2, -0.15) is 0 Å². The molecule has 12 heteroatoms. The topological polar surface area (TPSA) is 214 Å². The minimum absolute atomic E-state index is 0.00562. The first-order valence-electron chi connectivity index (χ1n) is 10.3. The second kappa shape index (κ2) is 13.1. The van der Waals surface area contributed by atoms with Crippen molar-refractivity contribution in [2.45, 2.75) is 63.4 Å². The van der Waals surface area contributed by atoms with Crippen LogP contribution in [0.4, 0.5) is 0 Å². The molecule has 33 heavy (non-hydrogen) atoms. The zero-order chi connectivity index (χ0) is 25.1. The summed E-state index contributed by atoms with van der Waals surface area (Å²) in [4.78, 5) is 60.1. The van der Waals surface area contributed by atoms with E-state index in [1.54, 1.807) is 30.3 Å². The molecule has 0 aromatic heterocycles. The van der Waals surface area contributed by atoms with Gasteiger partial charge in [0.25, 0.3) is 0 Å². The molecular weight excluding hydrogens is 434 g/mol. The summed E-state index contributed by atoms with van der Waals surface area (Å²) < 4.78 is 0. The summed E-state index contributed by atoms with van der Waals surface area (Å²) in [5, 5.41) is 26.4. The molecule has 182 valence electrons. The van der Waals surface area contributed by atoms with Crippen molar-refractivity contribution in [1.82, 2.24) is 16.0 Å². The Bertz CT molecular complexity index is 845. The lowest BCUT2D eigenvalue weighted by atomic mass is 10.0. The third kappa shape index (κ3) is 9.66. The molecule has 1 rings (SSSR count). The summed E-state index contributed by atoms with van der Waals surface area (Å²) >= 11 is 0. The van der Waals surface area contributed by atoms with Crippen LogP contribution in [0, 0.1) is 0 Å². The number of carbonyl (C=O) groups excluding carboxylic acids is 4. The van der Waals surface area contributed by atoms with E-state index in [1.165, 1.54) is 13.8 Å². The van der Waals surface area contributed by atoms with Gasteiger partial charge in [0.15, 0.2) is 0 Å². The second-order valence-corrected chi connectivity index (χ2v) is 7.67. The molecule has 9 N–H and O–H groups in total. The summed E-state index contributed by atoms with van der Waals surface area (Å²) in [6.45, 7) is 2.68. The highest BCUT2D eigenvalue weighted by atomic mass is 16.4. The van der Waals surface area contributed by atoms with E-state index in [1.807, 2.05) is 0 Å². The summed E-state index contributed by atoms with van der Waals surface area (Å²) in [7, 11) is 0. The number of carboxylic acids is 1. The van der Waals surface area contributed by atoms with E-state index in [4.69, 9.17) is 11.5 Å². The lowest BCUT2D eigenvalue weighted by molar-refractivity contribution is -0.142. The number of rotatable bonds is 13. The molecule has 5 unspecified atom stereocenters. The van der Waals surface area contributed by atoms with Crippen LogP contribution in [0.25, 0.3) is 0 Å². The van der Waals surface area contributed by atoms with Crippen LogP contribution in [-0.2, 0) is 30.4 Å². The van der Waals surface area contributed by atoms with Crippen LogP contribution in [0.5, 0.6) is 0 Å². The van der Waals surface area contributed by atoms with Crippen molar-refractivity contribution in [3.05, 3.63) is 35.9 Å². The highest BCUT2D eigenvalue weighted by Crippen LogP contribution is 2.07. The Balaban J connectivity index is 3.08. The van der Waals surface area contributed by atoms with Crippen molar-refractivity contribution in [3.63, 3.8) is 0 Å². The Kier molecular flexibility index (Phi) is 11.0. The Labute approximate surface area is 191 Å². The largest absolute Gasteiger partial charge is 0.480 e. The Morgan fingerprint density at radius 2 is 1.48 bits per heavy atom. The molecule has 0 bridgehead atoms. The third-order valence-corrected chi connectivity index (χ3v) is 4.69. The van der Waals surface area contributed by atoms with Gasteiger partial charge in [0.1, 0.15) is 18.1 Å². The number of primary amides is 1. The van der Waals surface area contributed by atoms with E-state index in [9.17, 15) is 34.2 Å². The van der Waals surface area contributed by atoms with Crippen molar-refractivity contribution in [2.24, 2.45) is 11.5 Å². The molecule has 0 spiro atoms. The SMILES string of the molecule is CC(N)C(=O)NC(C(=O)NC(Cc1ccccc1)C(=O)NC(CCC(N)=O)C(=O)O)C(C)O. The molecule has 0 saturated heterocycles. The molecule has 1 aromatic carbocycles. The zero-order valence-electron chi connectivity index (χ0n) is 18.5. The molecule has 4 amide bonds. The first-order chi connectivity index (χ1) is 15.4. The van der Waals surface area contributed by atoms with Crippen LogP contribution in [0.15, 0.2) is 30.3 Å². The molecule has 12 nitrogen and oxygen atoms in total. The molecule has 5 atom stereocenters. The maximum Gasteiger partial charge on any atom is 0.326 e. The van der Waals surface area contributed by atoms with Gasteiger partial charge >= 0.3 is 5.97 Å². The highest BCUT2D eigenvalue weighted by Gasteiger charge is 2.32. The van der Waals surface area contributed by atoms with Gasteiger partial charge in [-0.25, -0.2) is 4.79 Å². The lowest BCUT2D eigenvalue weighted by Gasteiger charge is -2.26. The van der Waals surface area contributed by atoms with E-state index in [-0.39, 0.29) is 19.3 Å². The van der Waals surface area contributed by atoms with E-state index >= 15 is 0 Å². The molecule has 0 aliphatic heterocycles. The molecule has 0 aliphatic carbocycles. The van der Waals surface area contributed by atoms with Crippen LogP contribution in [0.2, 0.25) is 0 Å². The van der Waals surface area contributed by atoms with Gasteiger partial charge in [-0.3, -0.25) is 19.2 Å². The number of nitrogens with two attached hydrogens (primary N) is 2. The van der Waals surface area contributed by atoms with Gasteiger partial charge in [-0.15, -0.1) is 0 Å². The van der Waals surface area contributed by atoms with E-state index in [0.717, 1.165) is 0 Å². The molecule has 0 radical (unpaired) electrons. The maximum atomic E-state index is 12.9. The lowest BCUT2D eigenvalue weighted by Crippen LogP contribution is -2.60. The molecule has 1 aromatic rings. The van der Waals surface area contributed by atoms with Crippen LogP contribution in [0.3, 0.4) is 0 Å². The number of benzene rings is 1. The van der Waals surface area contributed by atoms with Crippen molar-refractivity contribution >= 4 is 29.6 Å². The highest BCUT2D eigenvalue weighted by molar-refractivity contribution is 5.94. The van der Waals surface area contributed by atoms with Crippen molar-refractivity contribution in [1.29, 1.82) is 0 Å². The molecule has 0 fully saturated rings. The third-order valence-electron chi connectivity index (χ3n) is 4.69. The summed E-state index contributed by atoms with van der Waals surface area (Å²) in [5.74, 6) is -4.47. The van der Waals surface area contributed by atoms with E-state index < -0.39 is 59.9 Å². The van der Waals surface area contributed by atoms with Gasteiger partial charge < -0.3 is 37.6 Å². The van der Waals surface area contributed by atoms with Gasteiger partial charge in [0.05, 0.1) is 12.1 Å². The smallest absolute Gasteiger partial charge is 0.326 e. The van der Waals surface area contributed by atoms with Gasteiger partial charge in [-0.05, 0) is 25.8 Å². The van der Waals surface area contributed by atoms with Crippen molar-refractivity contribution < 1.29 is 34.2 Å². The first kappa shape index (κ1) is 27.5. The monoisotopic (exact) mass is 465 g/mol. The molecule has 0 aliphatic rings. The number of aliphatic hydroxyl groups is 1. The van der Waals surface area contributed by atoms with Gasteiger partial charge in [-0.1, -0.05) is 30.3 Å². The van der Waals surface area contributed by atoms with Crippen LogP contribution < -0.4 is 27.4 Å². The standard InChI is InChI=1S/C21H31N5O7/c1-11(22)18(29)26-17(12(2)27)20(31)25-15(10-13-6-4-3-5-7-13)19(30)24-14(21(32)33)8-9-16(23)28/h3-7,11-12,14-15,17,27H,8-10,22H2,1-2H3,(H2,23,28)(H,24,30)(H,25,31)(H,26,29)(H,32,33). The average Bonchev–Trinajstić information content (AvgIpc) is 2.73. The van der Waals surface area contributed by atoms with Crippen molar-refractivity contribution in [3.8, 4) is 0 Å². The fourth-order valence-corrected chi connectivity index (χ4v) is 2.83. The number of nitrogens with one attached hydrogen (secondary N) is 3.